The summed E-state index contributed by atoms with van der Waals surface area (Å²) in [5, 5.41) is 6.91. The molecule has 3 N–H and O–H groups in total. The van der Waals surface area contributed by atoms with E-state index < -0.39 is 0 Å². The van der Waals surface area contributed by atoms with Crippen molar-refractivity contribution < 1.29 is 0 Å². The van der Waals surface area contributed by atoms with E-state index in [9.17, 15) is 0 Å². The Kier molecular flexibility index (Phi) is 3.82. The van der Waals surface area contributed by atoms with Crippen LogP contribution in [0.25, 0.3) is 0 Å². The number of aryl methyl sites for hydroxylation is 1. The Bertz CT molecular complexity index is 317. The second-order valence-electron chi connectivity index (χ2n) is 3.28. The average Bonchev–Trinajstić information content (AvgIpc) is 2.46. The highest BCUT2D eigenvalue weighted by Crippen LogP contribution is 2.09. The highest BCUT2D eigenvalue weighted by molar-refractivity contribution is 7.05. The predicted octanol–water partition coefficient (Wildman–Crippen LogP) is 0.659. The molecule has 0 aliphatic rings. The van der Waals surface area contributed by atoms with Crippen LogP contribution in [0.1, 0.15) is 24.4 Å². The van der Waals surface area contributed by atoms with Gasteiger partial charge in [0.1, 0.15) is 0 Å². The summed E-state index contributed by atoms with van der Waals surface area (Å²) in [5.41, 5.74) is 6.57. The maximum atomic E-state index is 5.64. The Labute approximate surface area is 87.6 Å². The van der Waals surface area contributed by atoms with E-state index >= 15 is 0 Å². The summed E-state index contributed by atoms with van der Waals surface area (Å²) in [6.07, 6.45) is 0. The molecule has 0 saturated carbocycles. The molecular weight excluding hydrogens is 198 g/mol. The van der Waals surface area contributed by atoms with Gasteiger partial charge in [0, 0.05) is 6.04 Å². The van der Waals surface area contributed by atoms with E-state index in [2.05, 4.69) is 19.9 Å². The first-order chi connectivity index (χ1) is 6.59. The first-order valence-electron chi connectivity index (χ1n) is 4.44. The standard InChI is InChI=1S/C8H15N5S/c1-5(2)11-8(9)10-4-7-6(3)12-13-14-7/h5H,4H2,1-3H3,(H3,9,10,11). The van der Waals surface area contributed by atoms with Gasteiger partial charge in [0.2, 0.25) is 0 Å². The van der Waals surface area contributed by atoms with Gasteiger partial charge >= 0.3 is 0 Å². The van der Waals surface area contributed by atoms with Crippen LogP contribution in [0.3, 0.4) is 0 Å². The van der Waals surface area contributed by atoms with Crippen LogP contribution in [0.4, 0.5) is 0 Å². The monoisotopic (exact) mass is 213 g/mol. The number of nitrogens with two attached hydrogens (primary N) is 1. The Morgan fingerprint density at radius 2 is 2.36 bits per heavy atom. The highest BCUT2D eigenvalue weighted by atomic mass is 32.1. The predicted molar refractivity (Wildman–Crippen MR) is 58.2 cm³/mol. The Hall–Kier alpha value is -1.17. The topological polar surface area (TPSA) is 76.2 Å². The van der Waals surface area contributed by atoms with Crippen LogP contribution in [0.2, 0.25) is 0 Å². The second kappa shape index (κ2) is 4.90. The molecular formula is C8H15N5S. The summed E-state index contributed by atoms with van der Waals surface area (Å²) in [4.78, 5) is 5.24. The minimum Gasteiger partial charge on any atom is -0.370 e. The maximum Gasteiger partial charge on any atom is 0.189 e. The fourth-order valence-corrected chi connectivity index (χ4v) is 1.45. The molecule has 5 nitrogen and oxygen atoms in total. The molecule has 0 amide bonds. The van der Waals surface area contributed by atoms with Crippen molar-refractivity contribution >= 4 is 17.5 Å². The zero-order chi connectivity index (χ0) is 10.6. The van der Waals surface area contributed by atoms with Crippen molar-refractivity contribution in [3.8, 4) is 0 Å². The minimum absolute atomic E-state index is 0.305. The van der Waals surface area contributed by atoms with Crippen LogP contribution in [-0.2, 0) is 6.54 Å². The molecule has 14 heavy (non-hydrogen) atoms. The fraction of sp³-hybridized carbons (Fsp3) is 0.625. The molecule has 0 aromatic carbocycles. The van der Waals surface area contributed by atoms with E-state index in [0.29, 0.717) is 18.5 Å². The Morgan fingerprint density at radius 1 is 1.64 bits per heavy atom. The quantitative estimate of drug-likeness (QED) is 0.571. The van der Waals surface area contributed by atoms with Crippen molar-refractivity contribution in [2.75, 3.05) is 0 Å². The van der Waals surface area contributed by atoms with Gasteiger partial charge in [-0.05, 0) is 32.3 Å². The van der Waals surface area contributed by atoms with Crippen LogP contribution in [0, 0.1) is 6.92 Å². The highest BCUT2D eigenvalue weighted by Gasteiger charge is 2.02. The largest absolute Gasteiger partial charge is 0.370 e. The molecule has 0 aliphatic carbocycles. The maximum absolute atomic E-state index is 5.64. The van der Waals surface area contributed by atoms with Crippen LogP contribution in [-0.4, -0.2) is 21.6 Å². The van der Waals surface area contributed by atoms with Gasteiger partial charge in [0.15, 0.2) is 5.96 Å². The average molecular weight is 213 g/mol. The molecule has 0 spiro atoms. The van der Waals surface area contributed by atoms with Crippen LogP contribution >= 0.6 is 11.5 Å². The van der Waals surface area contributed by atoms with E-state index in [1.807, 2.05) is 20.8 Å². The summed E-state index contributed by atoms with van der Waals surface area (Å²) in [7, 11) is 0. The summed E-state index contributed by atoms with van der Waals surface area (Å²) in [5.74, 6) is 0.466. The molecule has 78 valence electrons. The van der Waals surface area contributed by atoms with Crippen LogP contribution in [0.5, 0.6) is 0 Å². The first kappa shape index (κ1) is 10.9. The molecule has 0 unspecified atom stereocenters. The zero-order valence-corrected chi connectivity index (χ0v) is 9.43. The molecule has 1 rings (SSSR count). The molecule has 6 heteroatoms. The number of hydrogen-bond acceptors (Lipinski definition) is 4. The SMILES string of the molecule is Cc1nnsc1CN=C(N)NC(C)C. The first-order valence-corrected chi connectivity index (χ1v) is 5.21. The lowest BCUT2D eigenvalue weighted by Crippen LogP contribution is -2.36. The summed E-state index contributed by atoms with van der Waals surface area (Å²) in [6, 6.07) is 0.305. The molecule has 0 saturated heterocycles. The molecule has 1 aromatic heterocycles. The van der Waals surface area contributed by atoms with E-state index in [-0.39, 0.29) is 0 Å². The third-order valence-corrected chi connectivity index (χ3v) is 2.38. The van der Waals surface area contributed by atoms with Crippen molar-refractivity contribution in [2.24, 2.45) is 10.7 Å². The molecule has 1 aromatic rings. The number of rotatable bonds is 3. The lowest BCUT2D eigenvalue weighted by Gasteiger charge is -2.07. The van der Waals surface area contributed by atoms with Gasteiger partial charge in [-0.3, -0.25) is 0 Å². The smallest absolute Gasteiger partial charge is 0.189 e. The van der Waals surface area contributed by atoms with Crippen LogP contribution < -0.4 is 11.1 Å². The lowest BCUT2D eigenvalue weighted by molar-refractivity contribution is 0.724. The summed E-state index contributed by atoms with van der Waals surface area (Å²) < 4.78 is 3.82. The number of nitrogens with zero attached hydrogens (tertiary/aromatic N) is 3. The van der Waals surface area contributed by atoms with Gasteiger partial charge in [-0.25, -0.2) is 4.99 Å². The number of nitrogens with one attached hydrogen (secondary N) is 1. The van der Waals surface area contributed by atoms with Gasteiger partial charge in [-0.2, -0.15) is 0 Å². The van der Waals surface area contributed by atoms with Gasteiger partial charge in [0.05, 0.1) is 17.1 Å². The number of aromatic nitrogens is 2. The van der Waals surface area contributed by atoms with E-state index in [0.717, 1.165) is 10.6 Å². The van der Waals surface area contributed by atoms with Gasteiger partial charge in [-0.15, -0.1) is 5.10 Å². The van der Waals surface area contributed by atoms with Crippen molar-refractivity contribution in [3.63, 3.8) is 0 Å². The van der Waals surface area contributed by atoms with Crippen molar-refractivity contribution in [1.82, 2.24) is 14.9 Å². The van der Waals surface area contributed by atoms with Crippen molar-refractivity contribution in [3.05, 3.63) is 10.6 Å². The molecule has 0 radical (unpaired) electrons. The Balaban J connectivity index is 2.50. The number of guanidine groups is 1. The minimum atomic E-state index is 0.305. The normalized spacial score (nSPS) is 12.1. The molecule has 0 bridgehead atoms. The number of hydrogen-bond donors (Lipinski definition) is 2. The van der Waals surface area contributed by atoms with Gasteiger partial charge in [-0.1, -0.05) is 4.49 Å². The van der Waals surface area contributed by atoms with E-state index in [1.54, 1.807) is 0 Å². The summed E-state index contributed by atoms with van der Waals surface area (Å²) >= 11 is 1.36. The molecule has 1 heterocycles. The number of aliphatic imine (C=N–C) groups is 1. The second-order valence-corrected chi connectivity index (χ2v) is 4.12. The molecule has 0 fully saturated rings. The van der Waals surface area contributed by atoms with Crippen LogP contribution in [0.15, 0.2) is 4.99 Å². The Morgan fingerprint density at radius 3 is 2.86 bits per heavy atom. The van der Waals surface area contributed by atoms with E-state index in [1.165, 1.54) is 11.5 Å². The fourth-order valence-electron chi connectivity index (χ4n) is 0.894. The van der Waals surface area contributed by atoms with E-state index in [4.69, 9.17) is 5.73 Å². The van der Waals surface area contributed by atoms with Gasteiger partial charge < -0.3 is 11.1 Å². The van der Waals surface area contributed by atoms with Crippen molar-refractivity contribution in [2.45, 2.75) is 33.4 Å². The lowest BCUT2D eigenvalue weighted by atomic mass is 10.4. The molecule has 0 atom stereocenters. The third kappa shape index (κ3) is 3.29. The zero-order valence-electron chi connectivity index (χ0n) is 8.61. The van der Waals surface area contributed by atoms with Crippen molar-refractivity contribution in [1.29, 1.82) is 0 Å². The third-order valence-electron chi connectivity index (χ3n) is 1.57. The summed E-state index contributed by atoms with van der Waals surface area (Å²) in [6.45, 7) is 6.50. The molecule has 0 aliphatic heterocycles. The van der Waals surface area contributed by atoms with Gasteiger partial charge in [0.25, 0.3) is 0 Å².